The highest BCUT2D eigenvalue weighted by atomic mass is 35.5. The third kappa shape index (κ3) is 4.58. The van der Waals surface area contributed by atoms with E-state index in [-0.39, 0.29) is 11.9 Å². The first-order valence-corrected chi connectivity index (χ1v) is 12.5. The number of nitrogens with one attached hydrogen (secondary N) is 1. The van der Waals surface area contributed by atoms with Gasteiger partial charge >= 0.3 is 0 Å². The molecule has 1 saturated carbocycles. The van der Waals surface area contributed by atoms with Gasteiger partial charge in [-0.05, 0) is 45.2 Å². The monoisotopic (exact) mass is 455 g/mol. The second-order valence-corrected chi connectivity index (χ2v) is 9.76. The van der Waals surface area contributed by atoms with E-state index < -0.39 is 0 Å². The van der Waals surface area contributed by atoms with Crippen LogP contribution in [-0.2, 0) is 0 Å². The Hall–Kier alpha value is -2.11. The number of carbonyl (C=O) groups excluding carboxylic acids is 1. The first-order valence-electron chi connectivity index (χ1n) is 11.2. The minimum Gasteiger partial charge on any atom is -0.350 e. The summed E-state index contributed by atoms with van der Waals surface area (Å²) in [7, 11) is 0. The van der Waals surface area contributed by atoms with Crippen molar-refractivity contribution in [2.24, 2.45) is 0 Å². The number of hydrogen-bond acceptors (Lipinski definition) is 3. The van der Waals surface area contributed by atoms with Crippen LogP contribution in [0.3, 0.4) is 0 Å². The molecule has 0 aliphatic heterocycles. The Morgan fingerprint density at radius 1 is 1.29 bits per heavy atom. The van der Waals surface area contributed by atoms with Crippen LogP contribution in [0.15, 0.2) is 35.7 Å². The molecule has 0 radical (unpaired) electrons. The lowest BCUT2D eigenvalue weighted by Crippen LogP contribution is -2.32. The van der Waals surface area contributed by atoms with Crippen LogP contribution in [0.5, 0.6) is 0 Å². The van der Waals surface area contributed by atoms with Crippen molar-refractivity contribution >= 4 is 28.8 Å². The number of benzene rings is 1. The van der Waals surface area contributed by atoms with Crippen molar-refractivity contribution in [3.8, 4) is 22.0 Å². The van der Waals surface area contributed by atoms with Crippen LogP contribution in [0.25, 0.3) is 22.0 Å². The maximum atomic E-state index is 13.0. The largest absolute Gasteiger partial charge is 0.350 e. The molecule has 1 fully saturated rings. The second kappa shape index (κ2) is 9.58. The van der Waals surface area contributed by atoms with Crippen LogP contribution in [0.2, 0.25) is 5.02 Å². The fourth-order valence-electron chi connectivity index (χ4n) is 4.41. The fourth-order valence-corrected chi connectivity index (χ4v) is 5.55. The van der Waals surface area contributed by atoms with Crippen molar-refractivity contribution in [2.75, 3.05) is 0 Å². The molecule has 0 spiro atoms. The summed E-state index contributed by atoms with van der Waals surface area (Å²) in [5, 5.41) is 6.83. The minimum atomic E-state index is 0.00390. The van der Waals surface area contributed by atoms with Gasteiger partial charge in [-0.3, -0.25) is 4.79 Å². The van der Waals surface area contributed by atoms with Gasteiger partial charge in [-0.15, -0.1) is 11.3 Å². The van der Waals surface area contributed by atoms with Gasteiger partial charge < -0.3 is 9.88 Å². The summed E-state index contributed by atoms with van der Waals surface area (Å²) in [6.45, 7) is 6.20. The molecule has 1 aliphatic carbocycles. The molecule has 2 aromatic heterocycles. The average molecular weight is 456 g/mol. The molecule has 4 nitrogen and oxygen atoms in total. The molecule has 1 aliphatic rings. The zero-order valence-corrected chi connectivity index (χ0v) is 20.0. The Labute approximate surface area is 193 Å². The van der Waals surface area contributed by atoms with Crippen molar-refractivity contribution < 1.29 is 4.79 Å². The number of aromatic nitrogens is 2. The average Bonchev–Trinajstić information content (AvgIpc) is 3.39. The molecular weight excluding hydrogens is 426 g/mol. The third-order valence-corrected chi connectivity index (χ3v) is 7.54. The Bertz CT molecular complexity index is 1060. The number of rotatable bonds is 6. The zero-order chi connectivity index (χ0) is 22.0. The lowest BCUT2D eigenvalue weighted by Gasteiger charge is -2.27. The van der Waals surface area contributed by atoms with E-state index in [4.69, 9.17) is 16.6 Å². The van der Waals surface area contributed by atoms with Crippen LogP contribution in [0, 0.1) is 6.92 Å². The van der Waals surface area contributed by atoms with Crippen LogP contribution in [0.1, 0.15) is 74.5 Å². The highest BCUT2D eigenvalue weighted by Crippen LogP contribution is 2.38. The van der Waals surface area contributed by atoms with Crippen molar-refractivity contribution in [3.63, 3.8) is 0 Å². The van der Waals surface area contributed by atoms with Gasteiger partial charge in [0.05, 0.1) is 22.0 Å². The van der Waals surface area contributed by atoms with E-state index in [1.807, 2.05) is 37.3 Å². The maximum absolute atomic E-state index is 13.0. The van der Waals surface area contributed by atoms with Gasteiger partial charge in [0.2, 0.25) is 0 Å². The molecule has 1 amide bonds. The van der Waals surface area contributed by atoms with E-state index in [9.17, 15) is 4.79 Å². The van der Waals surface area contributed by atoms with Crippen LogP contribution in [0.4, 0.5) is 0 Å². The summed E-state index contributed by atoms with van der Waals surface area (Å²) >= 11 is 8.00. The van der Waals surface area contributed by atoms with Crippen molar-refractivity contribution in [3.05, 3.63) is 52.0 Å². The lowest BCUT2D eigenvalue weighted by molar-refractivity contribution is 0.0938. The number of thiazole rings is 1. The molecule has 164 valence electrons. The molecule has 6 heteroatoms. The standard InChI is InChI=1S/C25H30ClN3OS/c1-4-16(2)27-24(30)20-14-23(29(17(20)3)18-10-6-5-7-11-18)22-15-31-25(28-22)19-12-8-9-13-21(19)26/h8-9,12-16,18H,4-7,10-11H2,1-3H3,(H,27,30). The molecule has 1 N–H and O–H groups in total. The van der Waals surface area contributed by atoms with Gasteiger partial charge in [-0.1, -0.05) is 56.0 Å². The first kappa shape index (κ1) is 22.1. The predicted molar refractivity (Wildman–Crippen MR) is 130 cm³/mol. The number of hydrogen-bond donors (Lipinski definition) is 1. The van der Waals surface area contributed by atoms with Crippen LogP contribution >= 0.6 is 22.9 Å². The lowest BCUT2D eigenvalue weighted by atomic mass is 9.95. The molecule has 1 aromatic carbocycles. The summed E-state index contributed by atoms with van der Waals surface area (Å²) < 4.78 is 2.37. The van der Waals surface area contributed by atoms with E-state index in [0.29, 0.717) is 11.1 Å². The Morgan fingerprint density at radius 3 is 2.74 bits per heavy atom. The Kier molecular flexibility index (Phi) is 6.83. The molecule has 4 rings (SSSR count). The highest BCUT2D eigenvalue weighted by molar-refractivity contribution is 7.13. The predicted octanol–water partition coefficient (Wildman–Crippen LogP) is 7.27. The van der Waals surface area contributed by atoms with Gasteiger partial charge in [-0.25, -0.2) is 4.98 Å². The third-order valence-electron chi connectivity index (χ3n) is 6.34. The number of halogens is 1. The Morgan fingerprint density at radius 2 is 2.03 bits per heavy atom. The van der Waals surface area contributed by atoms with Gasteiger partial charge in [0.25, 0.3) is 5.91 Å². The molecule has 1 unspecified atom stereocenters. The highest BCUT2D eigenvalue weighted by Gasteiger charge is 2.26. The summed E-state index contributed by atoms with van der Waals surface area (Å²) in [6.07, 6.45) is 6.97. The Balaban J connectivity index is 1.76. The molecule has 0 saturated heterocycles. The van der Waals surface area contributed by atoms with Crippen molar-refractivity contribution in [1.82, 2.24) is 14.9 Å². The van der Waals surface area contributed by atoms with E-state index >= 15 is 0 Å². The fraction of sp³-hybridized carbons (Fsp3) is 0.440. The summed E-state index contributed by atoms with van der Waals surface area (Å²) in [5.41, 5.74) is 4.69. The quantitative estimate of drug-likeness (QED) is 0.424. The van der Waals surface area contributed by atoms with E-state index in [1.54, 1.807) is 11.3 Å². The summed E-state index contributed by atoms with van der Waals surface area (Å²) in [4.78, 5) is 18.0. The van der Waals surface area contributed by atoms with Gasteiger partial charge in [-0.2, -0.15) is 0 Å². The topological polar surface area (TPSA) is 46.9 Å². The van der Waals surface area contributed by atoms with Crippen molar-refractivity contribution in [1.29, 1.82) is 0 Å². The number of nitrogens with zero attached hydrogens (tertiary/aromatic N) is 2. The van der Waals surface area contributed by atoms with E-state index in [0.717, 1.165) is 52.5 Å². The second-order valence-electron chi connectivity index (χ2n) is 8.49. The van der Waals surface area contributed by atoms with E-state index in [2.05, 4.69) is 29.1 Å². The molecular formula is C25H30ClN3OS. The molecule has 3 aromatic rings. The van der Waals surface area contributed by atoms with E-state index in [1.165, 1.54) is 19.3 Å². The normalized spacial score (nSPS) is 15.7. The maximum Gasteiger partial charge on any atom is 0.253 e. The smallest absolute Gasteiger partial charge is 0.253 e. The molecule has 2 heterocycles. The van der Waals surface area contributed by atoms with Crippen molar-refractivity contribution in [2.45, 2.75) is 71.4 Å². The van der Waals surface area contributed by atoms with Gasteiger partial charge in [0.1, 0.15) is 5.01 Å². The van der Waals surface area contributed by atoms with Gasteiger partial charge in [0, 0.05) is 28.7 Å². The SMILES string of the molecule is CCC(C)NC(=O)c1cc(-c2csc(-c3ccccc3Cl)n2)n(C2CCCCC2)c1C. The minimum absolute atomic E-state index is 0.00390. The number of amides is 1. The zero-order valence-electron chi connectivity index (χ0n) is 18.5. The first-order chi connectivity index (χ1) is 15.0. The molecule has 0 bridgehead atoms. The molecule has 31 heavy (non-hydrogen) atoms. The van der Waals surface area contributed by atoms with Crippen LogP contribution < -0.4 is 5.32 Å². The summed E-state index contributed by atoms with van der Waals surface area (Å²) in [6, 6.07) is 10.4. The van der Waals surface area contributed by atoms with Crippen LogP contribution in [-0.4, -0.2) is 21.5 Å². The molecule has 1 atom stereocenters. The van der Waals surface area contributed by atoms with Gasteiger partial charge in [0.15, 0.2) is 0 Å². The number of carbonyl (C=O) groups is 1. The summed E-state index contributed by atoms with van der Waals surface area (Å²) in [5.74, 6) is 0.00390.